The lowest BCUT2D eigenvalue weighted by Gasteiger charge is -2.22. The van der Waals surface area contributed by atoms with Crippen LogP contribution in [-0.4, -0.2) is 60.5 Å². The van der Waals surface area contributed by atoms with E-state index in [1.807, 2.05) is 50.6 Å². The van der Waals surface area contributed by atoms with Gasteiger partial charge in [0.25, 0.3) is 5.91 Å². The maximum Gasteiger partial charge on any atom is 0.259 e. The van der Waals surface area contributed by atoms with Gasteiger partial charge in [-0.25, -0.2) is 4.99 Å². The first-order chi connectivity index (χ1) is 13.4. The second-order valence-corrected chi connectivity index (χ2v) is 6.86. The van der Waals surface area contributed by atoms with Crippen LogP contribution in [0.1, 0.15) is 18.2 Å². The summed E-state index contributed by atoms with van der Waals surface area (Å²) < 4.78 is 7.69. The first kappa shape index (κ1) is 21.3. The third-order valence-corrected chi connectivity index (χ3v) is 4.32. The highest BCUT2D eigenvalue weighted by Gasteiger charge is 2.09. The fourth-order valence-corrected chi connectivity index (χ4v) is 2.62. The SMILES string of the molecule is CCNC(=NCc1cccc(OCC(=O)N(C)C)c1)N(C)Cc1cccn1C. The average molecular weight is 386 g/mol. The Morgan fingerprint density at radius 2 is 2.00 bits per heavy atom. The Morgan fingerprint density at radius 1 is 1.21 bits per heavy atom. The summed E-state index contributed by atoms with van der Waals surface area (Å²) in [6.07, 6.45) is 2.04. The molecule has 1 heterocycles. The van der Waals surface area contributed by atoms with Gasteiger partial charge in [-0.1, -0.05) is 12.1 Å². The topological polar surface area (TPSA) is 62.1 Å². The minimum Gasteiger partial charge on any atom is -0.484 e. The number of ether oxygens (including phenoxy) is 1. The molecule has 0 aliphatic heterocycles. The molecule has 0 radical (unpaired) electrons. The first-order valence-electron chi connectivity index (χ1n) is 9.42. The van der Waals surface area contributed by atoms with E-state index in [4.69, 9.17) is 9.73 Å². The predicted octanol–water partition coefficient (Wildman–Crippen LogP) is 2.09. The highest BCUT2D eigenvalue weighted by atomic mass is 16.5. The molecule has 28 heavy (non-hydrogen) atoms. The number of hydrogen-bond donors (Lipinski definition) is 1. The number of carbonyl (C=O) groups excluding carboxylic acids is 1. The molecular weight excluding hydrogens is 354 g/mol. The summed E-state index contributed by atoms with van der Waals surface area (Å²) in [5.74, 6) is 1.45. The molecule has 0 fully saturated rings. The normalized spacial score (nSPS) is 11.2. The molecule has 0 atom stereocenters. The minimum atomic E-state index is -0.0693. The van der Waals surface area contributed by atoms with Gasteiger partial charge in [-0.2, -0.15) is 0 Å². The molecule has 2 aromatic rings. The molecule has 1 aromatic carbocycles. The van der Waals surface area contributed by atoms with Crippen LogP contribution in [0.15, 0.2) is 47.6 Å². The van der Waals surface area contributed by atoms with Gasteiger partial charge in [-0.15, -0.1) is 0 Å². The van der Waals surface area contributed by atoms with Crippen molar-refractivity contribution in [1.82, 2.24) is 19.7 Å². The zero-order valence-electron chi connectivity index (χ0n) is 17.5. The zero-order chi connectivity index (χ0) is 20.5. The Balaban J connectivity index is 2.02. The molecule has 0 bridgehead atoms. The van der Waals surface area contributed by atoms with Crippen LogP contribution >= 0.6 is 0 Å². The van der Waals surface area contributed by atoms with Crippen LogP contribution in [0.2, 0.25) is 0 Å². The lowest BCUT2D eigenvalue weighted by atomic mass is 10.2. The summed E-state index contributed by atoms with van der Waals surface area (Å²) in [6, 6.07) is 11.8. The fourth-order valence-electron chi connectivity index (χ4n) is 2.62. The van der Waals surface area contributed by atoms with E-state index in [2.05, 4.69) is 27.8 Å². The number of aromatic nitrogens is 1. The molecule has 1 N–H and O–H groups in total. The van der Waals surface area contributed by atoms with Crippen LogP contribution in [0, 0.1) is 0 Å². The third-order valence-electron chi connectivity index (χ3n) is 4.32. The number of likely N-dealkylation sites (N-methyl/N-ethyl adjacent to an activating group) is 1. The van der Waals surface area contributed by atoms with E-state index in [1.165, 1.54) is 10.6 Å². The summed E-state index contributed by atoms with van der Waals surface area (Å²) in [6.45, 7) is 4.18. The minimum absolute atomic E-state index is 0.0295. The van der Waals surface area contributed by atoms with E-state index >= 15 is 0 Å². The van der Waals surface area contributed by atoms with Gasteiger partial charge in [0.05, 0.1) is 13.1 Å². The summed E-state index contributed by atoms with van der Waals surface area (Å²) >= 11 is 0. The summed E-state index contributed by atoms with van der Waals surface area (Å²) in [7, 11) is 7.50. The average Bonchev–Trinajstić information content (AvgIpc) is 3.07. The Bertz CT molecular complexity index is 798. The van der Waals surface area contributed by atoms with Crippen LogP contribution in [-0.2, 0) is 24.9 Å². The lowest BCUT2D eigenvalue weighted by Crippen LogP contribution is -2.38. The molecule has 1 aromatic heterocycles. The van der Waals surface area contributed by atoms with Crippen LogP contribution < -0.4 is 10.1 Å². The molecule has 0 aliphatic carbocycles. The zero-order valence-corrected chi connectivity index (χ0v) is 17.5. The number of hydrogen-bond acceptors (Lipinski definition) is 3. The van der Waals surface area contributed by atoms with Crippen LogP contribution in [0.5, 0.6) is 5.75 Å². The van der Waals surface area contributed by atoms with E-state index in [9.17, 15) is 4.79 Å². The van der Waals surface area contributed by atoms with Gasteiger partial charge in [0.1, 0.15) is 5.75 Å². The maximum absolute atomic E-state index is 11.7. The Kier molecular flexibility index (Phi) is 7.92. The second kappa shape index (κ2) is 10.4. The Labute approximate surface area is 167 Å². The van der Waals surface area contributed by atoms with Crippen LogP contribution in [0.25, 0.3) is 0 Å². The molecule has 2 rings (SSSR count). The molecule has 1 amide bonds. The van der Waals surface area contributed by atoms with Crippen molar-refractivity contribution in [1.29, 1.82) is 0 Å². The van der Waals surface area contributed by atoms with Crippen LogP contribution in [0.4, 0.5) is 0 Å². The standard InChI is InChI=1S/C21H31N5O2/c1-6-22-21(26(5)15-18-10-8-12-25(18)4)23-14-17-9-7-11-19(13-17)28-16-20(27)24(2)3/h7-13H,6,14-16H2,1-5H3,(H,22,23). The predicted molar refractivity (Wildman–Crippen MR) is 112 cm³/mol. The van der Waals surface area contributed by atoms with E-state index < -0.39 is 0 Å². The number of carbonyl (C=O) groups is 1. The molecule has 0 saturated heterocycles. The smallest absolute Gasteiger partial charge is 0.259 e. The van der Waals surface area contributed by atoms with Crippen molar-refractivity contribution in [2.24, 2.45) is 12.0 Å². The molecule has 7 heteroatoms. The first-order valence-corrected chi connectivity index (χ1v) is 9.42. The Morgan fingerprint density at radius 3 is 2.64 bits per heavy atom. The van der Waals surface area contributed by atoms with Gasteiger partial charge >= 0.3 is 0 Å². The highest BCUT2D eigenvalue weighted by molar-refractivity contribution is 5.79. The largest absolute Gasteiger partial charge is 0.484 e. The molecule has 0 aliphatic rings. The van der Waals surface area contributed by atoms with Crippen molar-refractivity contribution in [3.05, 3.63) is 53.9 Å². The van der Waals surface area contributed by atoms with Gasteiger partial charge in [-0.05, 0) is 36.8 Å². The van der Waals surface area contributed by atoms with E-state index in [1.54, 1.807) is 14.1 Å². The number of rotatable bonds is 8. The van der Waals surface area contributed by atoms with Crippen molar-refractivity contribution in [2.45, 2.75) is 20.0 Å². The summed E-state index contributed by atoms with van der Waals surface area (Å²) in [5.41, 5.74) is 2.24. The number of guanidine groups is 1. The van der Waals surface area contributed by atoms with E-state index in [0.717, 1.165) is 24.6 Å². The van der Waals surface area contributed by atoms with Crippen LogP contribution in [0.3, 0.4) is 0 Å². The second-order valence-electron chi connectivity index (χ2n) is 6.86. The molecule has 0 unspecified atom stereocenters. The van der Waals surface area contributed by atoms with Gasteiger partial charge in [0.2, 0.25) is 0 Å². The number of nitrogens with one attached hydrogen (secondary N) is 1. The van der Waals surface area contributed by atoms with E-state index in [-0.39, 0.29) is 12.5 Å². The lowest BCUT2D eigenvalue weighted by molar-refractivity contribution is -0.130. The maximum atomic E-state index is 11.7. The summed E-state index contributed by atoms with van der Waals surface area (Å²) in [5, 5.41) is 3.34. The van der Waals surface area contributed by atoms with Gasteiger partial charge in [0.15, 0.2) is 12.6 Å². The van der Waals surface area contributed by atoms with Crippen molar-refractivity contribution in [2.75, 3.05) is 34.3 Å². The molecule has 7 nitrogen and oxygen atoms in total. The number of benzene rings is 1. The van der Waals surface area contributed by atoms with Crippen molar-refractivity contribution < 1.29 is 9.53 Å². The van der Waals surface area contributed by atoms with Crippen molar-refractivity contribution >= 4 is 11.9 Å². The number of aliphatic imine (C=N–C) groups is 1. The van der Waals surface area contributed by atoms with Gasteiger partial charge in [0, 0.05) is 46.6 Å². The fraction of sp³-hybridized carbons (Fsp3) is 0.429. The highest BCUT2D eigenvalue weighted by Crippen LogP contribution is 2.14. The number of nitrogens with zero attached hydrogens (tertiary/aromatic N) is 4. The monoisotopic (exact) mass is 385 g/mol. The van der Waals surface area contributed by atoms with Gasteiger partial charge in [-0.3, -0.25) is 4.79 Å². The molecule has 0 saturated carbocycles. The quantitative estimate of drug-likeness (QED) is 0.558. The summed E-state index contributed by atoms with van der Waals surface area (Å²) in [4.78, 5) is 20.1. The van der Waals surface area contributed by atoms with Crippen molar-refractivity contribution in [3.8, 4) is 5.75 Å². The molecule has 152 valence electrons. The van der Waals surface area contributed by atoms with Crippen molar-refractivity contribution in [3.63, 3.8) is 0 Å². The van der Waals surface area contributed by atoms with E-state index in [0.29, 0.717) is 12.3 Å². The van der Waals surface area contributed by atoms with Gasteiger partial charge < -0.3 is 24.4 Å². The Hall–Kier alpha value is -2.96. The number of amides is 1. The number of aryl methyl sites for hydroxylation is 1. The molecule has 0 spiro atoms. The molecular formula is C21H31N5O2. The third kappa shape index (κ3) is 6.33.